The second-order valence-corrected chi connectivity index (χ2v) is 4.85. The normalized spacial score (nSPS) is 11.2. The van der Waals surface area contributed by atoms with Crippen molar-refractivity contribution < 1.29 is 0 Å². The van der Waals surface area contributed by atoms with Crippen LogP contribution in [0.3, 0.4) is 0 Å². The Morgan fingerprint density at radius 2 is 1.72 bits per heavy atom. The van der Waals surface area contributed by atoms with E-state index >= 15 is 0 Å². The van der Waals surface area contributed by atoms with Crippen molar-refractivity contribution in [3.8, 4) is 0 Å². The zero-order valence-corrected chi connectivity index (χ0v) is 10.7. The highest BCUT2D eigenvalue weighted by Crippen LogP contribution is 2.26. The molecule has 0 heteroatoms. The minimum atomic E-state index is 1.13. The average Bonchev–Trinajstić information content (AvgIpc) is 2.43. The molecule has 3 aromatic rings. The highest BCUT2D eigenvalue weighted by atomic mass is 14.1. The number of hydrogen-bond donors (Lipinski definition) is 0. The molecule has 0 unspecified atom stereocenters. The summed E-state index contributed by atoms with van der Waals surface area (Å²) in [6.45, 7) is 2.24. The van der Waals surface area contributed by atoms with Crippen LogP contribution in [0.5, 0.6) is 0 Å². The van der Waals surface area contributed by atoms with Gasteiger partial charge in [-0.2, -0.15) is 0 Å². The molecule has 3 aromatic carbocycles. The van der Waals surface area contributed by atoms with Crippen molar-refractivity contribution in [1.82, 2.24) is 0 Å². The van der Waals surface area contributed by atoms with Crippen molar-refractivity contribution in [1.29, 1.82) is 0 Å². The first-order chi connectivity index (χ1) is 8.88. The SMILES string of the molecule is CCCCc1[c]ccc2cc3ccccc3cc12. The maximum absolute atomic E-state index is 3.41. The van der Waals surface area contributed by atoms with Crippen LogP contribution in [-0.2, 0) is 6.42 Å². The van der Waals surface area contributed by atoms with Crippen LogP contribution in [0.2, 0.25) is 0 Å². The van der Waals surface area contributed by atoms with E-state index in [0.717, 1.165) is 6.42 Å². The van der Waals surface area contributed by atoms with E-state index in [0.29, 0.717) is 0 Å². The van der Waals surface area contributed by atoms with Crippen LogP contribution in [0.15, 0.2) is 48.5 Å². The lowest BCUT2D eigenvalue weighted by Gasteiger charge is -2.07. The van der Waals surface area contributed by atoms with E-state index in [1.165, 1.54) is 39.9 Å². The lowest BCUT2D eigenvalue weighted by molar-refractivity contribution is 0.798. The molecule has 0 atom stereocenters. The molecule has 0 aliphatic heterocycles. The van der Waals surface area contributed by atoms with Crippen molar-refractivity contribution in [3.05, 3.63) is 60.2 Å². The second kappa shape index (κ2) is 4.81. The Bertz CT molecular complexity index is 680. The third kappa shape index (κ3) is 1.99. The summed E-state index contributed by atoms with van der Waals surface area (Å²) in [5.74, 6) is 0. The van der Waals surface area contributed by atoms with E-state index in [2.05, 4.69) is 61.5 Å². The Labute approximate surface area is 108 Å². The largest absolute Gasteiger partial charge is 0.0654 e. The van der Waals surface area contributed by atoms with Crippen molar-refractivity contribution in [3.63, 3.8) is 0 Å². The number of unbranched alkanes of at least 4 members (excludes halogenated alkanes) is 1. The molecule has 0 saturated carbocycles. The molecule has 0 heterocycles. The molecule has 0 aliphatic rings. The molecule has 0 N–H and O–H groups in total. The molecular formula is C18H17. The fraction of sp³-hybridized carbons (Fsp3) is 0.222. The summed E-state index contributed by atoms with van der Waals surface area (Å²) in [5.41, 5.74) is 1.36. The molecule has 18 heavy (non-hydrogen) atoms. The van der Waals surface area contributed by atoms with Crippen LogP contribution in [0.25, 0.3) is 21.5 Å². The minimum absolute atomic E-state index is 1.13. The molecular weight excluding hydrogens is 216 g/mol. The summed E-state index contributed by atoms with van der Waals surface area (Å²) < 4.78 is 0. The van der Waals surface area contributed by atoms with Gasteiger partial charge in [-0.25, -0.2) is 0 Å². The molecule has 1 radical (unpaired) electrons. The monoisotopic (exact) mass is 233 g/mol. The van der Waals surface area contributed by atoms with Gasteiger partial charge in [0.2, 0.25) is 0 Å². The lowest BCUT2D eigenvalue weighted by atomic mass is 9.97. The van der Waals surface area contributed by atoms with E-state index in [1.807, 2.05) is 0 Å². The van der Waals surface area contributed by atoms with Crippen molar-refractivity contribution >= 4 is 21.5 Å². The van der Waals surface area contributed by atoms with Crippen molar-refractivity contribution in [2.45, 2.75) is 26.2 Å². The van der Waals surface area contributed by atoms with E-state index in [9.17, 15) is 0 Å². The zero-order valence-electron chi connectivity index (χ0n) is 10.7. The van der Waals surface area contributed by atoms with Crippen molar-refractivity contribution in [2.75, 3.05) is 0 Å². The molecule has 0 saturated heterocycles. The van der Waals surface area contributed by atoms with E-state index in [4.69, 9.17) is 0 Å². The summed E-state index contributed by atoms with van der Waals surface area (Å²) in [5, 5.41) is 5.34. The number of aryl methyl sites for hydroxylation is 1. The van der Waals surface area contributed by atoms with Gasteiger partial charge < -0.3 is 0 Å². The fourth-order valence-corrected chi connectivity index (χ4v) is 2.53. The first-order valence-corrected chi connectivity index (χ1v) is 6.70. The van der Waals surface area contributed by atoms with Crippen LogP contribution in [-0.4, -0.2) is 0 Å². The van der Waals surface area contributed by atoms with Gasteiger partial charge in [-0.15, -0.1) is 0 Å². The molecule has 3 rings (SSSR count). The third-order valence-corrected chi connectivity index (χ3v) is 3.54. The summed E-state index contributed by atoms with van der Waals surface area (Å²) >= 11 is 0. The number of fused-ring (bicyclic) bond motifs is 2. The Kier molecular flexibility index (Phi) is 3.02. The van der Waals surface area contributed by atoms with Crippen LogP contribution in [0.1, 0.15) is 25.3 Å². The Balaban J connectivity index is 2.22. The number of rotatable bonds is 3. The Morgan fingerprint density at radius 1 is 0.944 bits per heavy atom. The number of benzene rings is 3. The molecule has 0 spiro atoms. The molecule has 0 bridgehead atoms. The predicted molar refractivity (Wildman–Crippen MR) is 78.9 cm³/mol. The molecule has 0 amide bonds. The Morgan fingerprint density at radius 3 is 2.50 bits per heavy atom. The molecule has 0 aliphatic carbocycles. The smallest absolute Gasteiger partial charge is 0.0139 e. The van der Waals surface area contributed by atoms with Gasteiger partial charge in [-0.1, -0.05) is 49.7 Å². The van der Waals surface area contributed by atoms with Crippen LogP contribution < -0.4 is 0 Å². The molecule has 0 nitrogen and oxygen atoms in total. The summed E-state index contributed by atoms with van der Waals surface area (Å²) in [4.78, 5) is 0. The van der Waals surface area contributed by atoms with Gasteiger partial charge in [0, 0.05) is 0 Å². The second-order valence-electron chi connectivity index (χ2n) is 4.85. The van der Waals surface area contributed by atoms with Gasteiger partial charge >= 0.3 is 0 Å². The topological polar surface area (TPSA) is 0 Å². The maximum Gasteiger partial charge on any atom is -0.0139 e. The van der Waals surface area contributed by atoms with Gasteiger partial charge in [0.25, 0.3) is 0 Å². The minimum Gasteiger partial charge on any atom is -0.0654 e. The van der Waals surface area contributed by atoms with Gasteiger partial charge in [-0.3, -0.25) is 0 Å². The highest BCUT2D eigenvalue weighted by Gasteiger charge is 2.02. The molecule has 0 aromatic heterocycles. The van der Waals surface area contributed by atoms with Crippen LogP contribution >= 0.6 is 0 Å². The zero-order chi connectivity index (χ0) is 12.4. The van der Waals surface area contributed by atoms with Crippen LogP contribution in [0, 0.1) is 6.07 Å². The molecule has 89 valence electrons. The van der Waals surface area contributed by atoms with Gasteiger partial charge in [0.05, 0.1) is 0 Å². The number of hydrogen-bond acceptors (Lipinski definition) is 0. The van der Waals surface area contributed by atoms with Gasteiger partial charge in [0.15, 0.2) is 0 Å². The Hall–Kier alpha value is -1.82. The quantitative estimate of drug-likeness (QED) is 0.550. The average molecular weight is 233 g/mol. The summed E-state index contributed by atoms with van der Waals surface area (Å²) in [7, 11) is 0. The molecule has 0 fully saturated rings. The first kappa shape index (κ1) is 11.3. The van der Waals surface area contributed by atoms with Gasteiger partial charge in [0.1, 0.15) is 0 Å². The first-order valence-electron chi connectivity index (χ1n) is 6.70. The van der Waals surface area contributed by atoms with Crippen LogP contribution in [0.4, 0.5) is 0 Å². The van der Waals surface area contributed by atoms with E-state index in [-0.39, 0.29) is 0 Å². The summed E-state index contributed by atoms with van der Waals surface area (Å²) in [6, 6.07) is 20.8. The van der Waals surface area contributed by atoms with Gasteiger partial charge in [-0.05, 0) is 58.1 Å². The maximum atomic E-state index is 3.41. The third-order valence-electron chi connectivity index (χ3n) is 3.54. The van der Waals surface area contributed by atoms with E-state index in [1.54, 1.807) is 0 Å². The highest BCUT2D eigenvalue weighted by molar-refractivity contribution is 5.99. The standard InChI is InChI=1S/C18H17/c1-2-3-7-14-10-6-11-17-12-15-8-4-5-9-16(15)13-18(14)17/h4-6,8-9,11-13H,2-3,7H2,1H3. The fourth-order valence-electron chi connectivity index (χ4n) is 2.53. The van der Waals surface area contributed by atoms with E-state index < -0.39 is 0 Å². The lowest BCUT2D eigenvalue weighted by Crippen LogP contribution is -1.88. The predicted octanol–water partition coefficient (Wildman–Crippen LogP) is 5.14. The van der Waals surface area contributed by atoms with Crippen molar-refractivity contribution in [2.24, 2.45) is 0 Å². The summed E-state index contributed by atoms with van der Waals surface area (Å²) in [6.07, 6.45) is 3.60.